The van der Waals surface area contributed by atoms with E-state index in [0.29, 0.717) is 39.0 Å². The van der Waals surface area contributed by atoms with E-state index in [2.05, 4.69) is 32.1 Å². The number of alkyl halides is 3. The normalized spacial score (nSPS) is 30.6. The van der Waals surface area contributed by atoms with Crippen molar-refractivity contribution in [1.29, 1.82) is 0 Å². The lowest BCUT2D eigenvalue weighted by Crippen LogP contribution is -2.59. The molecular formula is C60H83Cl2F3N6O7. The number of nitrogens with one attached hydrogen (secondary N) is 1. The topological polar surface area (TPSA) is 154 Å². The van der Waals surface area contributed by atoms with Crippen molar-refractivity contribution >= 4 is 52.9 Å². The van der Waals surface area contributed by atoms with Gasteiger partial charge in [-0.15, -0.1) is 0 Å². The van der Waals surface area contributed by atoms with E-state index in [1.807, 2.05) is 24.3 Å². The Labute approximate surface area is 469 Å². The lowest BCUT2D eigenvalue weighted by molar-refractivity contribution is -0.192. The number of halogens is 5. The molecule has 78 heavy (non-hydrogen) atoms. The van der Waals surface area contributed by atoms with Gasteiger partial charge in [0.25, 0.3) is 11.8 Å². The molecule has 0 radical (unpaired) electrons. The third-order valence-corrected chi connectivity index (χ3v) is 20.3. The van der Waals surface area contributed by atoms with Crippen LogP contribution in [-0.4, -0.2) is 163 Å². The van der Waals surface area contributed by atoms with Crippen molar-refractivity contribution in [3.05, 3.63) is 68.7 Å². The van der Waals surface area contributed by atoms with Crippen molar-refractivity contribution < 1.29 is 47.4 Å². The van der Waals surface area contributed by atoms with Gasteiger partial charge in [-0.2, -0.15) is 13.2 Å². The predicted molar refractivity (Wildman–Crippen MR) is 295 cm³/mol. The minimum Gasteiger partial charge on any atom is -0.481 e. The van der Waals surface area contributed by atoms with E-state index in [4.69, 9.17) is 33.1 Å². The van der Waals surface area contributed by atoms with E-state index >= 15 is 0 Å². The van der Waals surface area contributed by atoms with Gasteiger partial charge in [0.05, 0.1) is 32.0 Å². The van der Waals surface area contributed by atoms with E-state index in [1.165, 1.54) is 94.8 Å². The van der Waals surface area contributed by atoms with Crippen LogP contribution in [0.25, 0.3) is 0 Å². The van der Waals surface area contributed by atoms with Crippen molar-refractivity contribution in [3.8, 4) is 0 Å². The number of carbonyl (C=O) groups excluding carboxylic acids is 3. The SMILES string of the molecule is CN(C)C(=O)c1ccc(CC2CN(C3CCN(C(=O)C45CC6CC(CC(C6)C4)C5)CC3)C2)cc1Cl.CN(C)C(=O)c1ccc(CC2CN(C3CCNCC3)C2)cc1Cl.O=C(O)C(F)(F)F.O=C(O)C12CC3CC(CC(C3)C1)C2. The zero-order valence-electron chi connectivity index (χ0n) is 46.2. The molecule has 4 saturated heterocycles. The lowest BCUT2D eigenvalue weighted by atomic mass is 9.49. The predicted octanol–water partition coefficient (Wildman–Crippen LogP) is 9.91. The van der Waals surface area contributed by atoms with Crippen molar-refractivity contribution in [2.75, 3.05) is 80.5 Å². The van der Waals surface area contributed by atoms with Crippen molar-refractivity contribution in [2.45, 2.75) is 134 Å². The number of hydrogen-bond acceptors (Lipinski definition) is 8. The molecule has 0 spiro atoms. The molecule has 8 bridgehead atoms. The van der Waals surface area contributed by atoms with Gasteiger partial charge in [0, 0.05) is 79.5 Å². The van der Waals surface area contributed by atoms with Crippen LogP contribution in [0.1, 0.15) is 135 Å². The molecule has 18 heteroatoms. The maximum absolute atomic E-state index is 13.7. The van der Waals surface area contributed by atoms with Gasteiger partial charge in [-0.1, -0.05) is 35.3 Å². The van der Waals surface area contributed by atoms with Crippen LogP contribution < -0.4 is 5.32 Å². The number of carboxylic acid groups (broad SMARTS) is 2. The molecule has 13 nitrogen and oxygen atoms in total. The Kier molecular flexibility index (Phi) is 18.2. The van der Waals surface area contributed by atoms with Gasteiger partial charge in [0.1, 0.15) is 0 Å². The van der Waals surface area contributed by atoms with Gasteiger partial charge < -0.3 is 30.2 Å². The molecule has 12 fully saturated rings. The summed E-state index contributed by atoms with van der Waals surface area (Å²) in [5.74, 6) is 3.29. The molecule has 4 aliphatic heterocycles. The van der Waals surface area contributed by atoms with Crippen LogP contribution in [-0.2, 0) is 27.2 Å². The molecule has 8 saturated carbocycles. The zero-order valence-corrected chi connectivity index (χ0v) is 47.7. The fraction of sp³-hybridized carbons (Fsp3) is 0.717. The highest BCUT2D eigenvalue weighted by atomic mass is 35.5. The van der Waals surface area contributed by atoms with Crippen LogP contribution in [0.15, 0.2) is 36.4 Å². The molecule has 12 aliphatic rings. The Morgan fingerprint density at radius 3 is 1.26 bits per heavy atom. The molecule has 0 atom stereocenters. The number of carboxylic acids is 2. The Morgan fingerprint density at radius 1 is 0.590 bits per heavy atom. The number of nitrogens with zero attached hydrogens (tertiary/aromatic N) is 5. The monoisotopic (exact) mass is 1130 g/mol. The van der Waals surface area contributed by atoms with E-state index in [9.17, 15) is 37.5 Å². The molecular weight excluding hydrogens is 1040 g/mol. The highest BCUT2D eigenvalue weighted by Gasteiger charge is 2.57. The average molecular weight is 1130 g/mol. The summed E-state index contributed by atoms with van der Waals surface area (Å²) < 4.78 is 31.7. The molecule has 430 valence electrons. The summed E-state index contributed by atoms with van der Waals surface area (Å²) in [4.78, 5) is 68.7. The molecule has 4 heterocycles. The number of carbonyl (C=O) groups is 5. The molecule has 14 rings (SSSR count). The van der Waals surface area contributed by atoms with Crippen molar-refractivity contribution in [1.82, 2.24) is 29.8 Å². The van der Waals surface area contributed by atoms with Crippen LogP contribution in [0.4, 0.5) is 13.2 Å². The highest BCUT2D eigenvalue weighted by Crippen LogP contribution is 2.61. The van der Waals surface area contributed by atoms with Crippen LogP contribution >= 0.6 is 23.2 Å². The Bertz CT molecular complexity index is 2430. The largest absolute Gasteiger partial charge is 0.490 e. The molecule has 0 unspecified atom stereocenters. The first-order chi connectivity index (χ1) is 37.0. The summed E-state index contributed by atoms with van der Waals surface area (Å²) in [6, 6.07) is 13.2. The zero-order chi connectivity index (χ0) is 55.8. The Morgan fingerprint density at radius 2 is 0.936 bits per heavy atom. The van der Waals surface area contributed by atoms with Crippen LogP contribution in [0.5, 0.6) is 0 Å². The smallest absolute Gasteiger partial charge is 0.481 e. The average Bonchev–Trinajstić information content (AvgIpc) is 3.48. The summed E-state index contributed by atoms with van der Waals surface area (Å²) in [5, 5.41) is 20.9. The number of hydrogen-bond donors (Lipinski definition) is 3. The minimum atomic E-state index is -5.08. The second-order valence-corrected chi connectivity index (χ2v) is 26.9. The second-order valence-electron chi connectivity index (χ2n) is 26.1. The van der Waals surface area contributed by atoms with Gasteiger partial charge in [-0.3, -0.25) is 29.0 Å². The van der Waals surface area contributed by atoms with E-state index in [0.717, 1.165) is 132 Å². The first-order valence-electron chi connectivity index (χ1n) is 29.0. The molecule has 3 amide bonds. The van der Waals surface area contributed by atoms with Gasteiger partial charge in [0.15, 0.2) is 0 Å². The van der Waals surface area contributed by atoms with Crippen LogP contribution in [0, 0.1) is 58.2 Å². The molecule has 3 N–H and O–H groups in total. The maximum atomic E-state index is 13.7. The number of piperidine rings is 2. The van der Waals surface area contributed by atoms with Crippen molar-refractivity contribution in [2.24, 2.45) is 58.2 Å². The first-order valence-corrected chi connectivity index (χ1v) is 29.7. The summed E-state index contributed by atoms with van der Waals surface area (Å²) in [7, 11) is 6.99. The number of amides is 3. The second kappa shape index (κ2) is 24.2. The van der Waals surface area contributed by atoms with E-state index in [1.54, 1.807) is 38.0 Å². The maximum Gasteiger partial charge on any atom is 0.490 e. The molecule has 8 aliphatic carbocycles. The van der Waals surface area contributed by atoms with Crippen molar-refractivity contribution in [3.63, 3.8) is 0 Å². The first kappa shape index (κ1) is 58.7. The van der Waals surface area contributed by atoms with Gasteiger partial charge >= 0.3 is 18.1 Å². The van der Waals surface area contributed by atoms with E-state index < -0.39 is 18.1 Å². The van der Waals surface area contributed by atoms with E-state index in [-0.39, 0.29) is 22.6 Å². The third-order valence-electron chi connectivity index (χ3n) is 19.7. The highest BCUT2D eigenvalue weighted by molar-refractivity contribution is 6.34. The number of aliphatic carboxylic acids is 2. The summed E-state index contributed by atoms with van der Waals surface area (Å²) in [5.41, 5.74) is 3.34. The van der Waals surface area contributed by atoms with Gasteiger partial charge in [-0.25, -0.2) is 4.79 Å². The molecule has 0 aromatic heterocycles. The minimum absolute atomic E-state index is 0.0113. The fourth-order valence-electron chi connectivity index (χ4n) is 16.6. The molecule has 2 aromatic rings. The van der Waals surface area contributed by atoms with Gasteiger partial charge in [0.2, 0.25) is 5.91 Å². The van der Waals surface area contributed by atoms with Crippen LogP contribution in [0.3, 0.4) is 0 Å². The number of rotatable bonds is 10. The quantitative estimate of drug-likeness (QED) is 0.210. The number of benzene rings is 2. The Hall–Kier alpha value is -3.96. The summed E-state index contributed by atoms with van der Waals surface area (Å²) in [6.45, 7) is 8.85. The molecule has 2 aromatic carbocycles. The lowest BCUT2D eigenvalue weighted by Gasteiger charge is -2.57. The third kappa shape index (κ3) is 13.5. The summed E-state index contributed by atoms with van der Waals surface area (Å²) in [6.07, 6.45) is 16.4. The van der Waals surface area contributed by atoms with Crippen LogP contribution in [0.2, 0.25) is 10.0 Å². The fourth-order valence-corrected chi connectivity index (χ4v) is 17.2. The Balaban J connectivity index is 0.000000146. The number of likely N-dealkylation sites (tertiary alicyclic amines) is 3. The summed E-state index contributed by atoms with van der Waals surface area (Å²) >= 11 is 12.7. The van der Waals surface area contributed by atoms with Gasteiger partial charge in [-0.05, 0) is 211 Å². The standard InChI is InChI=1S/C29H40ClN3O2.C18H26ClN3O.C11H16O2.C2HF3O2/c1-31(2)27(34)25-4-3-19(13-26(25)30)9-23-17-33(18-23)24-5-7-32(8-6-24)28(35)29-14-20-10-21(15-29)12-22(11-20)16-29;1-21(2)18(23)16-4-3-13(10-17(16)19)9-14-11-22(12-14)15-5-7-20-8-6-15;12-10(13)11-4-7-1-8(5-11)3-9(2-7)6-11;3-2(4,5)1(6)7/h3-4,13,20-24H,5-12,14-18H2,1-2H3;3-4,10,14-15,20H,5-9,11-12H2,1-2H3;7-9H,1-6H2,(H,12,13);(H,6,7).